The highest BCUT2D eigenvalue weighted by atomic mass is 16.6. The molecule has 0 saturated carbocycles. The van der Waals surface area contributed by atoms with Crippen LogP contribution in [0, 0.1) is 0 Å². The van der Waals surface area contributed by atoms with Gasteiger partial charge in [-0.2, -0.15) is 0 Å². The van der Waals surface area contributed by atoms with Gasteiger partial charge in [0, 0.05) is 49.4 Å². The molecule has 1 aromatic carbocycles. The van der Waals surface area contributed by atoms with Crippen molar-refractivity contribution in [2.45, 2.75) is 59.1 Å². The molecule has 0 atom stereocenters. The Morgan fingerprint density at radius 2 is 1.41 bits per heavy atom. The molecule has 0 spiro atoms. The summed E-state index contributed by atoms with van der Waals surface area (Å²) in [7, 11) is 0. The second-order valence-electron chi connectivity index (χ2n) is 10.2. The molecular formula is C24H38N4O4. The molecule has 0 radical (unpaired) electrons. The third-order valence-corrected chi connectivity index (χ3v) is 4.86. The largest absolute Gasteiger partial charge is 0.444 e. The quantitative estimate of drug-likeness (QED) is 0.656. The molecule has 1 fully saturated rings. The van der Waals surface area contributed by atoms with Crippen LogP contribution in [0.25, 0.3) is 0 Å². The van der Waals surface area contributed by atoms with Crippen LogP contribution in [0.3, 0.4) is 0 Å². The van der Waals surface area contributed by atoms with E-state index in [0.717, 1.165) is 26.1 Å². The van der Waals surface area contributed by atoms with E-state index in [2.05, 4.69) is 15.5 Å². The van der Waals surface area contributed by atoms with Crippen molar-refractivity contribution in [1.29, 1.82) is 0 Å². The summed E-state index contributed by atoms with van der Waals surface area (Å²) in [6.07, 6.45) is 0.566. The van der Waals surface area contributed by atoms with Crippen LogP contribution in [0.15, 0.2) is 24.3 Å². The van der Waals surface area contributed by atoms with Gasteiger partial charge in [0.1, 0.15) is 5.60 Å². The zero-order valence-electron chi connectivity index (χ0n) is 20.3. The Bertz CT molecular complexity index is 786. The van der Waals surface area contributed by atoms with Gasteiger partial charge in [-0.05, 0) is 78.8 Å². The highest BCUT2D eigenvalue weighted by Gasteiger charge is 2.25. The van der Waals surface area contributed by atoms with E-state index in [1.165, 1.54) is 0 Å². The van der Waals surface area contributed by atoms with Crippen molar-refractivity contribution in [3.63, 3.8) is 0 Å². The molecule has 178 valence electrons. The zero-order chi connectivity index (χ0) is 23.9. The summed E-state index contributed by atoms with van der Waals surface area (Å²) in [5.41, 5.74) is 0.270. The van der Waals surface area contributed by atoms with Crippen LogP contribution in [0.4, 0.5) is 4.79 Å². The maximum Gasteiger partial charge on any atom is 0.410 e. The first kappa shape index (κ1) is 25.6. The number of hydrogen-bond donors (Lipinski definition) is 2. The summed E-state index contributed by atoms with van der Waals surface area (Å²) < 4.78 is 5.42. The summed E-state index contributed by atoms with van der Waals surface area (Å²) in [4.78, 5) is 40.7. The molecule has 1 aliphatic rings. The van der Waals surface area contributed by atoms with Gasteiger partial charge in [-0.3, -0.25) is 14.5 Å². The first-order valence-corrected chi connectivity index (χ1v) is 11.3. The summed E-state index contributed by atoms with van der Waals surface area (Å²) in [5, 5.41) is 5.83. The fraction of sp³-hybridized carbons (Fsp3) is 0.625. The standard InChI is InChI=1S/C24H38N4O4/c1-23(2,3)26-21(30)19-10-8-18(9-11-19)20(29)25-12-7-13-27-14-16-28(17-15-27)22(31)32-24(4,5)6/h8-11H,7,12-17H2,1-6H3,(H,25,29)(H,26,30). The van der Waals surface area contributed by atoms with Crippen molar-refractivity contribution in [1.82, 2.24) is 20.4 Å². The van der Waals surface area contributed by atoms with Crippen LogP contribution >= 0.6 is 0 Å². The van der Waals surface area contributed by atoms with Gasteiger partial charge in [-0.15, -0.1) is 0 Å². The molecule has 0 aliphatic carbocycles. The Morgan fingerprint density at radius 1 is 0.875 bits per heavy atom. The van der Waals surface area contributed by atoms with Crippen LogP contribution in [0.1, 0.15) is 68.7 Å². The number of carbonyl (C=O) groups is 3. The monoisotopic (exact) mass is 446 g/mol. The minimum atomic E-state index is -0.481. The van der Waals surface area contributed by atoms with Gasteiger partial charge < -0.3 is 20.3 Å². The number of rotatable bonds is 6. The molecule has 1 saturated heterocycles. The number of carbonyl (C=O) groups excluding carboxylic acids is 3. The lowest BCUT2D eigenvalue weighted by molar-refractivity contribution is 0.0144. The minimum absolute atomic E-state index is 0.150. The van der Waals surface area contributed by atoms with Crippen LogP contribution in [0.2, 0.25) is 0 Å². The molecule has 1 aromatic rings. The number of piperazine rings is 1. The van der Waals surface area contributed by atoms with E-state index in [-0.39, 0.29) is 23.4 Å². The summed E-state index contributed by atoms with van der Waals surface area (Å²) in [6, 6.07) is 6.67. The molecule has 1 aliphatic heterocycles. The molecule has 8 nitrogen and oxygen atoms in total. The molecule has 2 rings (SSSR count). The lowest BCUT2D eigenvalue weighted by atomic mass is 10.1. The molecule has 2 N–H and O–H groups in total. The molecule has 8 heteroatoms. The van der Waals surface area contributed by atoms with Gasteiger partial charge in [-0.25, -0.2) is 4.79 Å². The van der Waals surface area contributed by atoms with E-state index in [0.29, 0.717) is 30.8 Å². The lowest BCUT2D eigenvalue weighted by Gasteiger charge is -2.35. The van der Waals surface area contributed by atoms with Gasteiger partial charge in [0.05, 0.1) is 0 Å². The minimum Gasteiger partial charge on any atom is -0.444 e. The molecule has 3 amide bonds. The van der Waals surface area contributed by atoms with Crippen LogP contribution in [-0.4, -0.2) is 78.1 Å². The second kappa shape index (κ2) is 10.8. The van der Waals surface area contributed by atoms with Crippen molar-refractivity contribution in [2.24, 2.45) is 0 Å². The maximum atomic E-state index is 12.4. The van der Waals surface area contributed by atoms with Gasteiger partial charge >= 0.3 is 6.09 Å². The second-order valence-corrected chi connectivity index (χ2v) is 10.2. The SMILES string of the molecule is CC(C)(C)NC(=O)c1ccc(C(=O)NCCCN2CCN(C(=O)OC(C)(C)C)CC2)cc1. The number of nitrogens with zero attached hydrogens (tertiary/aromatic N) is 2. The first-order chi connectivity index (χ1) is 14.8. The fourth-order valence-corrected chi connectivity index (χ4v) is 3.27. The van der Waals surface area contributed by atoms with Crippen molar-refractivity contribution < 1.29 is 19.1 Å². The van der Waals surface area contributed by atoms with E-state index in [1.807, 2.05) is 41.5 Å². The molecular weight excluding hydrogens is 408 g/mol. The van der Waals surface area contributed by atoms with E-state index in [1.54, 1.807) is 29.2 Å². The van der Waals surface area contributed by atoms with Gasteiger partial charge in [-0.1, -0.05) is 0 Å². The first-order valence-electron chi connectivity index (χ1n) is 11.3. The third-order valence-electron chi connectivity index (χ3n) is 4.86. The van der Waals surface area contributed by atoms with Crippen LogP contribution in [0.5, 0.6) is 0 Å². The number of benzene rings is 1. The molecule has 0 unspecified atom stereocenters. The topological polar surface area (TPSA) is 91.0 Å². The molecule has 1 heterocycles. The number of hydrogen-bond acceptors (Lipinski definition) is 5. The normalized spacial score (nSPS) is 15.2. The average molecular weight is 447 g/mol. The van der Waals surface area contributed by atoms with Crippen molar-refractivity contribution in [3.05, 3.63) is 35.4 Å². The van der Waals surface area contributed by atoms with Crippen LogP contribution < -0.4 is 10.6 Å². The van der Waals surface area contributed by atoms with Crippen molar-refractivity contribution in [2.75, 3.05) is 39.3 Å². The number of amides is 3. The van der Waals surface area contributed by atoms with E-state index >= 15 is 0 Å². The predicted molar refractivity (Wildman–Crippen MR) is 125 cm³/mol. The Hall–Kier alpha value is -2.61. The highest BCUT2D eigenvalue weighted by molar-refractivity contribution is 5.98. The number of ether oxygens (including phenoxy) is 1. The Balaban J connectivity index is 1.68. The smallest absolute Gasteiger partial charge is 0.410 e. The Morgan fingerprint density at radius 3 is 1.91 bits per heavy atom. The summed E-state index contributed by atoms with van der Waals surface area (Å²) >= 11 is 0. The number of nitrogens with one attached hydrogen (secondary N) is 2. The van der Waals surface area contributed by atoms with E-state index < -0.39 is 5.60 Å². The van der Waals surface area contributed by atoms with Gasteiger partial charge in [0.2, 0.25) is 0 Å². The van der Waals surface area contributed by atoms with Crippen LogP contribution in [-0.2, 0) is 4.74 Å². The molecule has 32 heavy (non-hydrogen) atoms. The maximum absolute atomic E-state index is 12.4. The predicted octanol–water partition coefficient (Wildman–Crippen LogP) is 2.89. The summed E-state index contributed by atoms with van der Waals surface area (Å²) in [6.45, 7) is 15.7. The highest BCUT2D eigenvalue weighted by Crippen LogP contribution is 2.12. The molecule has 0 bridgehead atoms. The third kappa shape index (κ3) is 8.86. The Labute approximate surface area is 191 Å². The van der Waals surface area contributed by atoms with Crippen molar-refractivity contribution >= 4 is 17.9 Å². The lowest BCUT2D eigenvalue weighted by Crippen LogP contribution is -2.50. The summed E-state index contributed by atoms with van der Waals surface area (Å²) in [5.74, 6) is -0.307. The van der Waals surface area contributed by atoms with Gasteiger partial charge in [0.25, 0.3) is 11.8 Å². The fourth-order valence-electron chi connectivity index (χ4n) is 3.27. The van der Waals surface area contributed by atoms with E-state index in [4.69, 9.17) is 4.74 Å². The van der Waals surface area contributed by atoms with Crippen molar-refractivity contribution in [3.8, 4) is 0 Å². The average Bonchev–Trinajstić information content (AvgIpc) is 2.69. The Kier molecular flexibility index (Phi) is 8.66. The van der Waals surface area contributed by atoms with E-state index in [9.17, 15) is 14.4 Å². The zero-order valence-corrected chi connectivity index (χ0v) is 20.3. The van der Waals surface area contributed by atoms with Gasteiger partial charge in [0.15, 0.2) is 0 Å². The molecule has 0 aromatic heterocycles.